The van der Waals surface area contributed by atoms with E-state index in [1.807, 2.05) is 6.07 Å². The number of fused-ring (bicyclic) bond motifs is 1. The van der Waals surface area contributed by atoms with Gasteiger partial charge in [-0.25, -0.2) is 4.39 Å². The van der Waals surface area contributed by atoms with Crippen LogP contribution < -0.4 is 10.6 Å². The first-order valence-corrected chi connectivity index (χ1v) is 10.6. The number of carbonyl (C=O) groups excluding carboxylic acids is 3. The van der Waals surface area contributed by atoms with Crippen LogP contribution in [-0.2, 0) is 22.7 Å². The van der Waals surface area contributed by atoms with Crippen LogP contribution in [0.1, 0.15) is 34.3 Å². The number of piperidine rings is 1. The number of imide groups is 1. The van der Waals surface area contributed by atoms with Crippen molar-refractivity contribution in [3.05, 3.63) is 63.9 Å². The average molecular weight is 470 g/mol. The predicted octanol–water partition coefficient (Wildman–Crippen LogP) is 2.90. The van der Waals surface area contributed by atoms with Crippen molar-refractivity contribution in [3.63, 3.8) is 0 Å². The molecule has 1 saturated heterocycles. The molecule has 3 amide bonds. The third-order valence-electron chi connectivity index (χ3n) is 5.64. The second kappa shape index (κ2) is 8.28. The van der Waals surface area contributed by atoms with Crippen molar-refractivity contribution in [2.45, 2.75) is 32.0 Å². The number of aromatic nitrogens is 2. The van der Waals surface area contributed by atoms with Crippen molar-refractivity contribution in [1.29, 1.82) is 0 Å². The zero-order chi connectivity index (χ0) is 23.1. The maximum atomic E-state index is 13.3. The van der Waals surface area contributed by atoms with Gasteiger partial charge in [0.1, 0.15) is 11.9 Å². The molecule has 11 heteroatoms. The molecule has 33 heavy (non-hydrogen) atoms. The van der Waals surface area contributed by atoms with Gasteiger partial charge in [-0.05, 0) is 41.8 Å². The Morgan fingerprint density at radius 1 is 1.21 bits per heavy atom. The van der Waals surface area contributed by atoms with Gasteiger partial charge < -0.3 is 14.7 Å². The lowest BCUT2D eigenvalue weighted by Gasteiger charge is -2.29. The lowest BCUT2D eigenvalue weighted by atomic mass is 10.0. The summed E-state index contributed by atoms with van der Waals surface area (Å²) < 4.78 is 18.5. The third kappa shape index (κ3) is 4.05. The van der Waals surface area contributed by atoms with Gasteiger partial charge >= 0.3 is 6.01 Å². The summed E-state index contributed by atoms with van der Waals surface area (Å²) in [5.41, 5.74) is 2.73. The Kier molecular flexibility index (Phi) is 5.29. The molecule has 0 radical (unpaired) electrons. The minimum absolute atomic E-state index is 0.0363. The number of nitrogens with one attached hydrogen (secondary N) is 2. The highest BCUT2D eigenvalue weighted by Gasteiger charge is 2.39. The maximum absolute atomic E-state index is 13.3. The van der Waals surface area contributed by atoms with Crippen LogP contribution in [-0.4, -0.2) is 38.8 Å². The van der Waals surface area contributed by atoms with Gasteiger partial charge in [-0.3, -0.25) is 19.7 Å². The Morgan fingerprint density at radius 3 is 2.85 bits per heavy atom. The van der Waals surface area contributed by atoms with Crippen LogP contribution >= 0.6 is 11.6 Å². The minimum Gasteiger partial charge on any atom is -0.334 e. The van der Waals surface area contributed by atoms with E-state index in [0.717, 1.165) is 11.1 Å². The van der Waals surface area contributed by atoms with Crippen LogP contribution in [0.4, 0.5) is 10.4 Å². The van der Waals surface area contributed by atoms with Crippen molar-refractivity contribution in [2.24, 2.45) is 0 Å². The van der Waals surface area contributed by atoms with E-state index in [-0.39, 0.29) is 35.1 Å². The molecule has 3 heterocycles. The van der Waals surface area contributed by atoms with Gasteiger partial charge in [0.25, 0.3) is 5.91 Å². The molecule has 1 unspecified atom stereocenters. The molecule has 5 rings (SSSR count). The average Bonchev–Trinajstić information content (AvgIpc) is 3.39. The van der Waals surface area contributed by atoms with E-state index in [9.17, 15) is 18.8 Å². The van der Waals surface area contributed by atoms with Gasteiger partial charge in [0, 0.05) is 30.6 Å². The van der Waals surface area contributed by atoms with E-state index < -0.39 is 17.8 Å². The van der Waals surface area contributed by atoms with Gasteiger partial charge in [0.2, 0.25) is 17.6 Å². The Morgan fingerprint density at radius 2 is 2.06 bits per heavy atom. The van der Waals surface area contributed by atoms with E-state index in [2.05, 4.69) is 20.8 Å². The molecule has 2 aromatic carbocycles. The molecule has 2 aliphatic rings. The van der Waals surface area contributed by atoms with E-state index in [1.165, 1.54) is 23.1 Å². The van der Waals surface area contributed by atoms with Crippen molar-refractivity contribution in [2.75, 3.05) is 5.32 Å². The second-order valence-corrected chi connectivity index (χ2v) is 8.20. The molecule has 168 valence electrons. The fraction of sp³-hybridized carbons (Fsp3) is 0.227. The van der Waals surface area contributed by atoms with Crippen molar-refractivity contribution < 1.29 is 23.3 Å². The van der Waals surface area contributed by atoms with Crippen LogP contribution in [0.3, 0.4) is 0 Å². The van der Waals surface area contributed by atoms with Crippen LogP contribution in [0.5, 0.6) is 0 Å². The topological polar surface area (TPSA) is 117 Å². The molecule has 1 fully saturated rings. The molecule has 0 saturated carbocycles. The van der Waals surface area contributed by atoms with Crippen molar-refractivity contribution >= 4 is 35.3 Å². The van der Waals surface area contributed by atoms with Crippen molar-refractivity contribution in [1.82, 2.24) is 20.4 Å². The predicted molar refractivity (Wildman–Crippen MR) is 115 cm³/mol. The molecule has 1 atom stereocenters. The lowest BCUT2D eigenvalue weighted by Crippen LogP contribution is -2.52. The van der Waals surface area contributed by atoms with Crippen LogP contribution in [0.15, 0.2) is 40.9 Å². The van der Waals surface area contributed by atoms with E-state index >= 15 is 0 Å². The molecular formula is C22H17ClFN5O4. The molecule has 0 aliphatic carbocycles. The zero-order valence-electron chi connectivity index (χ0n) is 17.1. The summed E-state index contributed by atoms with van der Waals surface area (Å²) in [5.74, 6) is -1.25. The Labute approximate surface area is 191 Å². The van der Waals surface area contributed by atoms with Gasteiger partial charge in [0.15, 0.2) is 0 Å². The standard InChI is InChI=1S/C22H17ClFN5O4/c23-15-8-12(2-4-16(15)24)19-27-22(33-28-19)25-9-11-1-3-14-13(7-11)10-29(21(14)32)17-5-6-18(30)26-20(17)31/h1-4,7-8,17H,5-6,9-10H2,(H,25,27,28)(H,26,30,31). The lowest BCUT2D eigenvalue weighted by molar-refractivity contribution is -0.136. The molecule has 2 aliphatic heterocycles. The maximum Gasteiger partial charge on any atom is 0.322 e. The first-order valence-electron chi connectivity index (χ1n) is 10.2. The first-order chi connectivity index (χ1) is 15.9. The molecule has 9 nitrogen and oxygen atoms in total. The number of hydrogen-bond donors (Lipinski definition) is 2. The number of anilines is 1. The normalized spacial score (nSPS) is 17.8. The van der Waals surface area contributed by atoms with Gasteiger partial charge in [0.05, 0.1) is 5.02 Å². The van der Waals surface area contributed by atoms with E-state index in [4.69, 9.17) is 16.1 Å². The Balaban J connectivity index is 1.26. The summed E-state index contributed by atoms with van der Waals surface area (Å²) in [6.07, 6.45) is 0.527. The van der Waals surface area contributed by atoms with E-state index in [0.29, 0.717) is 30.6 Å². The fourth-order valence-corrected chi connectivity index (χ4v) is 4.14. The SMILES string of the molecule is O=C1CCC(N2Cc3cc(CNc4nc(-c5ccc(F)c(Cl)c5)no4)ccc3C2=O)C(=O)N1. The molecule has 1 aromatic heterocycles. The summed E-state index contributed by atoms with van der Waals surface area (Å²) in [5, 5.41) is 9.14. The summed E-state index contributed by atoms with van der Waals surface area (Å²) in [6, 6.07) is 9.07. The van der Waals surface area contributed by atoms with Crippen LogP contribution in [0.2, 0.25) is 5.02 Å². The number of rotatable bonds is 5. The summed E-state index contributed by atoms with van der Waals surface area (Å²) in [7, 11) is 0. The van der Waals surface area contributed by atoms with Crippen LogP contribution in [0.25, 0.3) is 11.4 Å². The van der Waals surface area contributed by atoms with Crippen molar-refractivity contribution in [3.8, 4) is 11.4 Å². The number of nitrogens with zero attached hydrogens (tertiary/aromatic N) is 3. The molecule has 2 N–H and O–H groups in total. The monoisotopic (exact) mass is 469 g/mol. The number of amides is 3. The largest absolute Gasteiger partial charge is 0.334 e. The number of hydrogen-bond acceptors (Lipinski definition) is 7. The summed E-state index contributed by atoms with van der Waals surface area (Å²) in [6.45, 7) is 0.649. The molecule has 0 bridgehead atoms. The van der Waals surface area contributed by atoms with Gasteiger partial charge in [-0.2, -0.15) is 4.98 Å². The minimum atomic E-state index is -0.652. The highest BCUT2D eigenvalue weighted by molar-refractivity contribution is 6.31. The zero-order valence-corrected chi connectivity index (χ0v) is 17.9. The second-order valence-electron chi connectivity index (χ2n) is 7.80. The Bertz CT molecular complexity index is 1290. The molecule has 3 aromatic rings. The Hall–Kier alpha value is -3.79. The fourth-order valence-electron chi connectivity index (χ4n) is 3.96. The molecule has 0 spiro atoms. The number of halogens is 2. The van der Waals surface area contributed by atoms with E-state index in [1.54, 1.807) is 12.1 Å². The third-order valence-corrected chi connectivity index (χ3v) is 5.93. The van der Waals surface area contributed by atoms with Gasteiger partial charge in [-0.1, -0.05) is 28.9 Å². The highest BCUT2D eigenvalue weighted by Crippen LogP contribution is 2.29. The summed E-state index contributed by atoms with van der Waals surface area (Å²) >= 11 is 5.80. The summed E-state index contributed by atoms with van der Waals surface area (Å²) in [4.78, 5) is 42.1. The first kappa shape index (κ1) is 21.1. The molecular weight excluding hydrogens is 453 g/mol. The van der Waals surface area contributed by atoms with Gasteiger partial charge in [-0.15, -0.1) is 0 Å². The number of benzene rings is 2. The van der Waals surface area contributed by atoms with Crippen LogP contribution in [0, 0.1) is 5.82 Å². The quantitative estimate of drug-likeness (QED) is 0.551. The highest BCUT2D eigenvalue weighted by atomic mass is 35.5. The number of carbonyl (C=O) groups is 3. The smallest absolute Gasteiger partial charge is 0.322 e.